The van der Waals surface area contributed by atoms with Gasteiger partial charge < -0.3 is 14.9 Å². The molecule has 120 valence electrons. The summed E-state index contributed by atoms with van der Waals surface area (Å²) in [4.78, 5) is 11.1. The van der Waals surface area contributed by atoms with Crippen LogP contribution >= 0.6 is 0 Å². The molecule has 0 aliphatic rings. The van der Waals surface area contributed by atoms with Crippen molar-refractivity contribution in [3.05, 3.63) is 36.0 Å². The molecule has 0 rings (SSSR count). The largest absolute Gasteiger partial charge is 0.458 e. The summed E-state index contributed by atoms with van der Waals surface area (Å²) in [6.45, 7) is 12.2. The van der Waals surface area contributed by atoms with Crippen molar-refractivity contribution in [3.8, 4) is 0 Å². The fourth-order valence-corrected chi connectivity index (χ4v) is 2.00. The lowest BCUT2D eigenvalue weighted by Gasteiger charge is -2.21. The third-order valence-electron chi connectivity index (χ3n) is 2.90. The predicted octanol–water partition coefficient (Wildman–Crippen LogP) is 2.91. The number of rotatable bonds is 8. The molecular weight excluding hydrogens is 268 g/mol. The van der Waals surface area contributed by atoms with Crippen molar-refractivity contribution >= 4 is 5.97 Å². The van der Waals surface area contributed by atoms with Gasteiger partial charge in [-0.25, -0.2) is 0 Å². The lowest BCUT2D eigenvalue weighted by molar-refractivity contribution is -0.144. The Morgan fingerprint density at radius 3 is 2.29 bits per heavy atom. The monoisotopic (exact) mass is 296 g/mol. The van der Waals surface area contributed by atoms with Crippen LogP contribution in [-0.2, 0) is 9.53 Å². The van der Waals surface area contributed by atoms with Crippen molar-refractivity contribution in [2.24, 2.45) is 0 Å². The molecule has 0 saturated heterocycles. The maximum atomic E-state index is 11.1. The third kappa shape index (κ3) is 10.0. The fraction of sp³-hybridized carbons (Fsp3) is 0.588. The van der Waals surface area contributed by atoms with E-state index in [-0.39, 0.29) is 18.5 Å². The van der Waals surface area contributed by atoms with Crippen LogP contribution in [0.4, 0.5) is 0 Å². The van der Waals surface area contributed by atoms with E-state index in [1.165, 1.54) is 13.0 Å². The van der Waals surface area contributed by atoms with E-state index in [2.05, 4.69) is 6.58 Å². The molecule has 3 unspecified atom stereocenters. The Kier molecular flexibility index (Phi) is 8.22. The maximum Gasteiger partial charge on any atom is 0.303 e. The molecule has 0 amide bonds. The van der Waals surface area contributed by atoms with Gasteiger partial charge in [-0.3, -0.25) is 4.79 Å². The summed E-state index contributed by atoms with van der Waals surface area (Å²) in [7, 11) is 0. The summed E-state index contributed by atoms with van der Waals surface area (Å²) in [5.74, 6) is -0.333. The van der Waals surface area contributed by atoms with Gasteiger partial charge in [0, 0.05) is 19.8 Å². The number of allylic oxidation sites excluding steroid dienone is 1. The highest BCUT2D eigenvalue weighted by atomic mass is 16.5. The number of esters is 1. The molecule has 2 N–H and O–H groups in total. The van der Waals surface area contributed by atoms with Crippen LogP contribution in [0.25, 0.3) is 0 Å². The first kappa shape index (κ1) is 19.6. The highest BCUT2D eigenvalue weighted by molar-refractivity contribution is 5.66. The smallest absolute Gasteiger partial charge is 0.303 e. The Labute approximate surface area is 127 Å². The van der Waals surface area contributed by atoms with Crippen LogP contribution in [0.3, 0.4) is 0 Å². The summed E-state index contributed by atoms with van der Waals surface area (Å²) in [5, 5.41) is 19.8. The van der Waals surface area contributed by atoms with Gasteiger partial charge in [0.1, 0.15) is 6.10 Å². The topological polar surface area (TPSA) is 66.8 Å². The highest BCUT2D eigenvalue weighted by Gasteiger charge is 2.19. The maximum absolute atomic E-state index is 11.1. The van der Waals surface area contributed by atoms with E-state index in [9.17, 15) is 15.0 Å². The van der Waals surface area contributed by atoms with Crippen molar-refractivity contribution in [3.63, 3.8) is 0 Å². The number of hydrogen-bond acceptors (Lipinski definition) is 4. The predicted molar refractivity (Wildman–Crippen MR) is 84.8 cm³/mol. The second-order valence-electron chi connectivity index (χ2n) is 5.94. The summed E-state index contributed by atoms with van der Waals surface area (Å²) >= 11 is 0. The quantitative estimate of drug-likeness (QED) is 0.534. The van der Waals surface area contributed by atoms with Crippen molar-refractivity contribution in [1.29, 1.82) is 0 Å². The molecule has 4 nitrogen and oxygen atoms in total. The first-order chi connectivity index (χ1) is 9.55. The first-order valence-corrected chi connectivity index (χ1v) is 7.09. The van der Waals surface area contributed by atoms with E-state index in [0.717, 1.165) is 11.1 Å². The van der Waals surface area contributed by atoms with Crippen molar-refractivity contribution in [1.82, 2.24) is 0 Å². The SMILES string of the molecule is C=CC(C)(O)CC(O)C=C(C)CC(C=C(C)C)OC(C)=O. The number of ether oxygens (including phenoxy) is 1. The first-order valence-electron chi connectivity index (χ1n) is 7.09. The molecule has 0 spiro atoms. The Bertz CT molecular complexity index is 415. The molecule has 21 heavy (non-hydrogen) atoms. The second kappa shape index (κ2) is 8.80. The molecule has 3 atom stereocenters. The van der Waals surface area contributed by atoms with Crippen molar-refractivity contribution < 1.29 is 19.7 Å². The van der Waals surface area contributed by atoms with Crippen LogP contribution in [0.5, 0.6) is 0 Å². The molecule has 0 heterocycles. The zero-order chi connectivity index (χ0) is 16.6. The van der Waals surface area contributed by atoms with Crippen LogP contribution in [0, 0.1) is 0 Å². The Morgan fingerprint density at radius 2 is 1.86 bits per heavy atom. The van der Waals surface area contributed by atoms with Gasteiger partial charge in [-0.15, -0.1) is 6.58 Å². The van der Waals surface area contributed by atoms with Gasteiger partial charge in [-0.05, 0) is 33.8 Å². The van der Waals surface area contributed by atoms with Gasteiger partial charge in [-0.1, -0.05) is 23.3 Å². The van der Waals surface area contributed by atoms with Gasteiger partial charge in [0.2, 0.25) is 0 Å². The van der Waals surface area contributed by atoms with Crippen LogP contribution in [0.2, 0.25) is 0 Å². The lowest BCUT2D eigenvalue weighted by Crippen LogP contribution is -2.26. The van der Waals surface area contributed by atoms with E-state index >= 15 is 0 Å². The van der Waals surface area contributed by atoms with E-state index in [1.54, 1.807) is 13.0 Å². The van der Waals surface area contributed by atoms with Crippen LogP contribution < -0.4 is 0 Å². The Morgan fingerprint density at radius 1 is 1.29 bits per heavy atom. The molecule has 0 aromatic heterocycles. The summed E-state index contributed by atoms with van der Waals surface area (Å²) in [6.07, 6.45) is 4.54. The van der Waals surface area contributed by atoms with Gasteiger partial charge in [-0.2, -0.15) is 0 Å². The average Bonchev–Trinajstić information content (AvgIpc) is 2.25. The molecule has 0 aromatic carbocycles. The van der Waals surface area contributed by atoms with Gasteiger partial charge in [0.05, 0.1) is 11.7 Å². The number of aliphatic hydroxyl groups is 2. The molecule has 0 bridgehead atoms. The van der Waals surface area contributed by atoms with E-state index in [0.29, 0.717) is 6.42 Å². The highest BCUT2D eigenvalue weighted by Crippen LogP contribution is 2.17. The summed E-state index contributed by atoms with van der Waals surface area (Å²) in [6, 6.07) is 0. The van der Waals surface area contributed by atoms with Crippen molar-refractivity contribution in [2.45, 2.75) is 65.3 Å². The molecule has 0 aliphatic carbocycles. The summed E-state index contributed by atoms with van der Waals surface area (Å²) in [5.41, 5.74) is 0.848. The van der Waals surface area contributed by atoms with Crippen LogP contribution in [-0.4, -0.2) is 34.0 Å². The van der Waals surface area contributed by atoms with Crippen LogP contribution in [0.1, 0.15) is 47.5 Å². The van der Waals surface area contributed by atoms with E-state index in [1.807, 2.05) is 26.8 Å². The molecule has 0 aromatic rings. The zero-order valence-corrected chi connectivity index (χ0v) is 13.7. The molecule has 0 radical (unpaired) electrons. The zero-order valence-electron chi connectivity index (χ0n) is 13.7. The average molecular weight is 296 g/mol. The minimum atomic E-state index is -1.11. The third-order valence-corrected chi connectivity index (χ3v) is 2.90. The Balaban J connectivity index is 4.77. The standard InChI is InChI=1S/C17H28O4/c1-7-17(6,20)11-15(19)9-13(4)10-16(8-12(2)3)21-14(5)18/h7-9,15-16,19-20H,1,10-11H2,2-6H3. The van der Waals surface area contributed by atoms with Crippen molar-refractivity contribution in [2.75, 3.05) is 0 Å². The molecule has 0 aliphatic heterocycles. The van der Waals surface area contributed by atoms with Gasteiger partial charge >= 0.3 is 5.97 Å². The second-order valence-corrected chi connectivity index (χ2v) is 5.94. The van der Waals surface area contributed by atoms with E-state index < -0.39 is 11.7 Å². The minimum Gasteiger partial charge on any atom is -0.458 e. The van der Waals surface area contributed by atoms with E-state index in [4.69, 9.17) is 4.74 Å². The number of carbonyl (C=O) groups excluding carboxylic acids is 1. The normalized spacial score (nSPS) is 17.4. The molecule has 4 heteroatoms. The summed E-state index contributed by atoms with van der Waals surface area (Å²) < 4.78 is 5.23. The number of carbonyl (C=O) groups is 1. The minimum absolute atomic E-state index is 0.175. The molecular formula is C17H28O4. The Hall–Kier alpha value is -1.39. The van der Waals surface area contributed by atoms with Crippen LogP contribution in [0.15, 0.2) is 36.0 Å². The van der Waals surface area contributed by atoms with Gasteiger partial charge in [0.15, 0.2) is 0 Å². The van der Waals surface area contributed by atoms with Gasteiger partial charge in [0.25, 0.3) is 0 Å². The fourth-order valence-electron chi connectivity index (χ4n) is 2.00. The number of hydrogen-bond donors (Lipinski definition) is 2. The number of aliphatic hydroxyl groups excluding tert-OH is 1. The lowest BCUT2D eigenvalue weighted by atomic mass is 9.96. The molecule has 0 saturated carbocycles. The molecule has 0 fully saturated rings.